The molecule has 0 bridgehead atoms. The minimum atomic E-state index is -3.59. The molecule has 2 heterocycles. The van der Waals surface area contributed by atoms with E-state index in [1.54, 1.807) is 19.2 Å². The molecular weight excluding hydrogens is 276 g/mol. The van der Waals surface area contributed by atoms with Crippen LogP contribution in [0.4, 0.5) is 5.69 Å². The van der Waals surface area contributed by atoms with Crippen LogP contribution < -0.4 is 10.0 Å². The molecule has 0 aromatic carbocycles. The van der Waals surface area contributed by atoms with Gasteiger partial charge in [0.25, 0.3) is 10.0 Å². The van der Waals surface area contributed by atoms with Crippen LogP contribution in [-0.4, -0.2) is 51.0 Å². The lowest BCUT2D eigenvalue weighted by Gasteiger charge is -2.35. The number of likely N-dealkylation sites (tertiary alicyclic amines) is 1. The van der Waals surface area contributed by atoms with E-state index in [1.165, 1.54) is 6.20 Å². The van der Waals surface area contributed by atoms with Gasteiger partial charge in [-0.05, 0) is 45.5 Å². The number of pyridine rings is 1. The molecule has 1 aliphatic rings. The molecular formula is C13H22N4O2S. The van der Waals surface area contributed by atoms with Gasteiger partial charge in [-0.3, -0.25) is 0 Å². The van der Waals surface area contributed by atoms with Gasteiger partial charge in [0.1, 0.15) is 0 Å². The number of anilines is 1. The van der Waals surface area contributed by atoms with Crippen LogP contribution in [0.1, 0.15) is 19.8 Å². The predicted octanol–water partition coefficient (Wildman–Crippen LogP) is 0.884. The lowest BCUT2D eigenvalue weighted by Crippen LogP contribution is -2.47. The summed E-state index contributed by atoms with van der Waals surface area (Å²) in [5.74, 6) is 0. The molecule has 112 valence electrons. The summed E-state index contributed by atoms with van der Waals surface area (Å²) in [6, 6.07) is 3.77. The summed E-state index contributed by atoms with van der Waals surface area (Å²) in [7, 11) is 0.165. The second kappa shape index (κ2) is 6.07. The summed E-state index contributed by atoms with van der Waals surface area (Å²) >= 11 is 0. The second-order valence-corrected chi connectivity index (χ2v) is 6.91. The van der Waals surface area contributed by atoms with Crippen LogP contribution in [0.5, 0.6) is 0 Å². The molecule has 1 aromatic rings. The molecule has 20 heavy (non-hydrogen) atoms. The van der Waals surface area contributed by atoms with Crippen LogP contribution in [0.2, 0.25) is 0 Å². The van der Waals surface area contributed by atoms with E-state index in [9.17, 15) is 8.42 Å². The van der Waals surface area contributed by atoms with Crippen molar-refractivity contribution in [2.45, 2.75) is 36.9 Å². The van der Waals surface area contributed by atoms with Crippen molar-refractivity contribution in [1.82, 2.24) is 14.6 Å². The highest BCUT2D eigenvalue weighted by Crippen LogP contribution is 2.21. The molecule has 2 unspecified atom stereocenters. The van der Waals surface area contributed by atoms with E-state index in [0.29, 0.717) is 11.7 Å². The Labute approximate surface area is 120 Å². The Hall–Kier alpha value is -1.18. The molecule has 6 nitrogen and oxygen atoms in total. The maximum atomic E-state index is 12.4. The molecule has 0 saturated carbocycles. The first-order valence-corrected chi connectivity index (χ1v) is 8.27. The number of piperidine rings is 1. The van der Waals surface area contributed by atoms with E-state index in [1.807, 2.05) is 0 Å². The topological polar surface area (TPSA) is 74.3 Å². The molecule has 1 saturated heterocycles. The van der Waals surface area contributed by atoms with Gasteiger partial charge in [0.15, 0.2) is 5.03 Å². The maximum Gasteiger partial charge on any atom is 0.260 e. The third kappa shape index (κ3) is 3.28. The molecule has 1 aliphatic heterocycles. The van der Waals surface area contributed by atoms with E-state index in [0.717, 1.165) is 19.4 Å². The van der Waals surface area contributed by atoms with Gasteiger partial charge >= 0.3 is 0 Å². The van der Waals surface area contributed by atoms with Gasteiger partial charge in [-0.1, -0.05) is 0 Å². The average molecular weight is 298 g/mol. The van der Waals surface area contributed by atoms with Crippen molar-refractivity contribution >= 4 is 15.7 Å². The Morgan fingerprint density at radius 3 is 2.85 bits per heavy atom. The fourth-order valence-corrected chi connectivity index (χ4v) is 3.89. The third-order valence-electron chi connectivity index (χ3n) is 3.83. The Morgan fingerprint density at radius 2 is 2.20 bits per heavy atom. The van der Waals surface area contributed by atoms with Gasteiger partial charge in [0, 0.05) is 25.3 Å². The first-order valence-electron chi connectivity index (χ1n) is 6.79. The standard InChI is InChI=1S/C13H22N4O2S/c1-10-9-11(6-8-17(10)3)16-20(18,19)13-12(14-2)5-4-7-15-13/h4-5,7,10-11,14,16H,6,8-9H2,1-3H3. The van der Waals surface area contributed by atoms with Crippen LogP contribution in [0.25, 0.3) is 0 Å². The first kappa shape index (κ1) is 15.2. The minimum Gasteiger partial charge on any atom is -0.386 e. The van der Waals surface area contributed by atoms with Crippen molar-refractivity contribution in [3.63, 3.8) is 0 Å². The Kier molecular flexibility index (Phi) is 4.62. The number of nitrogens with one attached hydrogen (secondary N) is 2. The Balaban J connectivity index is 2.15. The zero-order valence-corrected chi connectivity index (χ0v) is 12.9. The first-order chi connectivity index (χ1) is 9.44. The zero-order chi connectivity index (χ0) is 14.8. The van der Waals surface area contributed by atoms with E-state index in [2.05, 4.69) is 33.9 Å². The molecule has 1 fully saturated rings. The van der Waals surface area contributed by atoms with Crippen molar-refractivity contribution in [2.75, 3.05) is 26.0 Å². The third-order valence-corrected chi connectivity index (χ3v) is 5.30. The summed E-state index contributed by atoms with van der Waals surface area (Å²) in [4.78, 5) is 6.24. The number of hydrogen-bond donors (Lipinski definition) is 2. The van der Waals surface area contributed by atoms with Crippen molar-refractivity contribution in [2.24, 2.45) is 0 Å². The van der Waals surface area contributed by atoms with Gasteiger partial charge in [-0.25, -0.2) is 18.1 Å². The van der Waals surface area contributed by atoms with Crippen molar-refractivity contribution in [3.8, 4) is 0 Å². The average Bonchev–Trinajstić information content (AvgIpc) is 2.42. The zero-order valence-electron chi connectivity index (χ0n) is 12.1. The number of hydrogen-bond acceptors (Lipinski definition) is 5. The van der Waals surface area contributed by atoms with Gasteiger partial charge in [0.05, 0.1) is 5.69 Å². The quantitative estimate of drug-likeness (QED) is 0.863. The molecule has 2 atom stereocenters. The minimum absolute atomic E-state index is 0.0297. The molecule has 2 N–H and O–H groups in total. The lowest BCUT2D eigenvalue weighted by atomic mass is 10.0. The smallest absolute Gasteiger partial charge is 0.260 e. The molecule has 2 rings (SSSR count). The van der Waals surface area contributed by atoms with Crippen molar-refractivity contribution < 1.29 is 8.42 Å². The number of sulfonamides is 1. The van der Waals surface area contributed by atoms with Crippen LogP contribution in [0.15, 0.2) is 23.4 Å². The maximum absolute atomic E-state index is 12.4. The van der Waals surface area contributed by atoms with E-state index in [4.69, 9.17) is 0 Å². The van der Waals surface area contributed by atoms with Crippen LogP contribution in [0, 0.1) is 0 Å². The van der Waals surface area contributed by atoms with Crippen LogP contribution in [-0.2, 0) is 10.0 Å². The van der Waals surface area contributed by atoms with E-state index >= 15 is 0 Å². The number of aromatic nitrogens is 1. The molecule has 0 spiro atoms. The summed E-state index contributed by atoms with van der Waals surface area (Å²) < 4.78 is 27.7. The predicted molar refractivity (Wildman–Crippen MR) is 79.2 cm³/mol. The SMILES string of the molecule is CNc1cccnc1S(=O)(=O)NC1CCN(C)C(C)C1. The van der Waals surface area contributed by atoms with Gasteiger partial charge < -0.3 is 10.2 Å². The summed E-state index contributed by atoms with van der Waals surface area (Å²) in [6.45, 7) is 3.01. The number of rotatable bonds is 4. The van der Waals surface area contributed by atoms with E-state index in [-0.39, 0.29) is 11.1 Å². The van der Waals surface area contributed by atoms with Crippen molar-refractivity contribution in [1.29, 1.82) is 0 Å². The molecule has 0 aliphatic carbocycles. The number of nitrogens with zero attached hydrogens (tertiary/aromatic N) is 2. The Morgan fingerprint density at radius 1 is 1.45 bits per heavy atom. The second-order valence-electron chi connectivity index (χ2n) is 5.28. The van der Waals surface area contributed by atoms with Gasteiger partial charge in [0.2, 0.25) is 0 Å². The summed E-state index contributed by atoms with van der Waals surface area (Å²) in [6.07, 6.45) is 3.13. The highest BCUT2D eigenvalue weighted by molar-refractivity contribution is 7.89. The van der Waals surface area contributed by atoms with Gasteiger partial charge in [-0.15, -0.1) is 0 Å². The highest BCUT2D eigenvalue weighted by Gasteiger charge is 2.28. The summed E-state index contributed by atoms with van der Waals surface area (Å²) in [5.41, 5.74) is 0.515. The normalized spacial score (nSPS) is 24.6. The summed E-state index contributed by atoms with van der Waals surface area (Å²) in [5, 5.41) is 2.93. The highest BCUT2D eigenvalue weighted by atomic mass is 32.2. The van der Waals surface area contributed by atoms with E-state index < -0.39 is 10.0 Å². The van der Waals surface area contributed by atoms with Crippen LogP contribution >= 0.6 is 0 Å². The molecule has 0 amide bonds. The fraction of sp³-hybridized carbons (Fsp3) is 0.615. The molecule has 7 heteroatoms. The largest absolute Gasteiger partial charge is 0.386 e. The van der Waals surface area contributed by atoms with Gasteiger partial charge in [-0.2, -0.15) is 0 Å². The Bertz CT molecular complexity index is 561. The van der Waals surface area contributed by atoms with Crippen LogP contribution in [0.3, 0.4) is 0 Å². The molecule has 1 aromatic heterocycles. The monoisotopic (exact) mass is 298 g/mol. The molecule has 0 radical (unpaired) electrons. The fourth-order valence-electron chi connectivity index (χ4n) is 2.47. The lowest BCUT2D eigenvalue weighted by molar-refractivity contribution is 0.178. The van der Waals surface area contributed by atoms with Crippen molar-refractivity contribution in [3.05, 3.63) is 18.3 Å².